The van der Waals surface area contributed by atoms with Gasteiger partial charge in [-0.3, -0.25) is 4.79 Å². The lowest BCUT2D eigenvalue weighted by Gasteiger charge is -2.60. The van der Waals surface area contributed by atoms with Crippen LogP contribution in [0.3, 0.4) is 0 Å². The Morgan fingerprint density at radius 1 is 1.17 bits per heavy atom. The lowest BCUT2D eigenvalue weighted by atomic mass is 9.46. The topological polar surface area (TPSA) is 46.5 Å². The summed E-state index contributed by atoms with van der Waals surface area (Å²) in [5, 5.41) is 10.7. The molecule has 4 heteroatoms. The molecule has 10 atom stereocenters. The van der Waals surface area contributed by atoms with Gasteiger partial charge in [-0.05, 0) is 85.9 Å². The van der Waals surface area contributed by atoms with Crippen LogP contribution in [0.4, 0.5) is 0 Å². The number of carbonyl (C=O) groups excluding carboxylic acids is 1. The summed E-state index contributed by atoms with van der Waals surface area (Å²) in [6.45, 7) is 14.2. The maximum absolute atomic E-state index is 12.8. The Hall–Kier alpha value is -0.350. The molecule has 3 nitrogen and oxygen atoms in total. The summed E-state index contributed by atoms with van der Waals surface area (Å²) in [5.74, 6) is 4.31. The number of halogens is 1. The lowest BCUT2D eigenvalue weighted by molar-refractivity contribution is -0.168. The van der Waals surface area contributed by atoms with Crippen molar-refractivity contribution in [3.63, 3.8) is 0 Å². The number of hydrogen-bond acceptors (Lipinski definition) is 3. The summed E-state index contributed by atoms with van der Waals surface area (Å²) >= 11 is 3.50. The number of aliphatic hydroxyl groups excluding tert-OH is 1. The molecule has 0 aromatic heterocycles. The van der Waals surface area contributed by atoms with E-state index in [2.05, 4.69) is 56.6 Å². The van der Waals surface area contributed by atoms with Crippen LogP contribution in [-0.4, -0.2) is 28.1 Å². The number of aliphatic hydroxyl groups is 1. The van der Waals surface area contributed by atoms with Gasteiger partial charge >= 0.3 is 5.97 Å². The maximum Gasteiger partial charge on any atom is 0.320 e. The fraction of sp³-hybridized carbons (Fsp3) is 0.903. The summed E-state index contributed by atoms with van der Waals surface area (Å²) < 4.78 is 6.21. The van der Waals surface area contributed by atoms with Gasteiger partial charge in [-0.25, -0.2) is 0 Å². The molecule has 0 spiro atoms. The SMILES string of the molecule is CCC(Br)C(=O)OC1C[C@H](O)CC2=CC[C@H]3[C@@H]4CC[C@H]([C@H](C)CCCC(C)C)[C@@]4(C)CC[C@@H]3[C@]21C. The van der Waals surface area contributed by atoms with E-state index >= 15 is 0 Å². The molecular formula is C31H51BrO3. The zero-order valence-electron chi connectivity index (χ0n) is 23.2. The molecule has 3 saturated carbocycles. The van der Waals surface area contributed by atoms with Crippen molar-refractivity contribution in [2.24, 2.45) is 46.3 Å². The van der Waals surface area contributed by atoms with Crippen LogP contribution in [0.1, 0.15) is 112 Å². The van der Waals surface area contributed by atoms with Crippen molar-refractivity contribution in [1.29, 1.82) is 0 Å². The summed E-state index contributed by atoms with van der Waals surface area (Å²) in [4.78, 5) is 12.6. The third-order valence-electron chi connectivity index (χ3n) is 11.2. The van der Waals surface area contributed by atoms with E-state index in [0.29, 0.717) is 23.7 Å². The highest BCUT2D eigenvalue weighted by atomic mass is 79.9. The zero-order chi connectivity index (χ0) is 25.5. The molecular weight excluding hydrogens is 500 g/mol. The monoisotopic (exact) mass is 550 g/mol. The highest BCUT2D eigenvalue weighted by molar-refractivity contribution is 9.10. The van der Waals surface area contributed by atoms with Crippen LogP contribution in [0.2, 0.25) is 0 Å². The number of rotatable bonds is 8. The molecule has 2 unspecified atom stereocenters. The molecule has 0 bridgehead atoms. The molecule has 4 aliphatic rings. The summed E-state index contributed by atoms with van der Waals surface area (Å²) in [7, 11) is 0. The molecule has 0 amide bonds. The van der Waals surface area contributed by atoms with Crippen molar-refractivity contribution in [3.8, 4) is 0 Å². The van der Waals surface area contributed by atoms with Crippen molar-refractivity contribution < 1.29 is 14.6 Å². The maximum atomic E-state index is 12.8. The van der Waals surface area contributed by atoms with Gasteiger partial charge in [0.15, 0.2) is 0 Å². The standard InChI is InChI=1S/C31H51BrO3/c1-7-27(32)29(34)35-28-18-22(33)17-21-11-12-23-25-14-13-24(20(4)10-8-9-19(2)3)30(25,5)16-15-26(23)31(21,28)6/h11,19-20,22-28,33H,7-10,12-18H2,1-6H3/t20-,22-,23+,24-,25+,26+,27?,28?,30-,31+/m1/s1. The molecule has 1 N–H and O–H groups in total. The van der Waals surface area contributed by atoms with Gasteiger partial charge < -0.3 is 9.84 Å². The molecule has 200 valence electrons. The highest BCUT2D eigenvalue weighted by Gasteiger charge is 2.61. The molecule has 3 fully saturated rings. The van der Waals surface area contributed by atoms with Crippen molar-refractivity contribution in [2.75, 3.05) is 0 Å². The van der Waals surface area contributed by atoms with Gasteiger partial charge in [0, 0.05) is 11.8 Å². The summed E-state index contributed by atoms with van der Waals surface area (Å²) in [6, 6.07) is 0. The van der Waals surface area contributed by atoms with Gasteiger partial charge in [0.1, 0.15) is 10.9 Å². The second-order valence-corrected chi connectivity index (χ2v) is 14.7. The molecule has 4 rings (SSSR count). The Morgan fingerprint density at radius 3 is 2.60 bits per heavy atom. The van der Waals surface area contributed by atoms with E-state index in [9.17, 15) is 9.90 Å². The molecule has 0 radical (unpaired) electrons. The first-order valence-corrected chi connectivity index (χ1v) is 15.7. The van der Waals surface area contributed by atoms with Crippen molar-refractivity contribution >= 4 is 21.9 Å². The van der Waals surface area contributed by atoms with Crippen LogP contribution in [-0.2, 0) is 9.53 Å². The fourth-order valence-corrected chi connectivity index (χ4v) is 9.36. The summed E-state index contributed by atoms with van der Waals surface area (Å²) in [5.41, 5.74) is 1.67. The third-order valence-corrected chi connectivity index (χ3v) is 12.2. The minimum absolute atomic E-state index is 0.138. The number of hydrogen-bond donors (Lipinski definition) is 1. The number of ether oxygens (including phenoxy) is 1. The van der Waals surface area contributed by atoms with Crippen molar-refractivity contribution in [2.45, 2.75) is 129 Å². The number of allylic oxidation sites excluding steroid dienone is 1. The van der Waals surface area contributed by atoms with Gasteiger partial charge in [-0.15, -0.1) is 0 Å². The molecule has 0 heterocycles. The number of alkyl halides is 1. The first-order valence-electron chi connectivity index (χ1n) is 14.7. The Morgan fingerprint density at radius 2 is 1.91 bits per heavy atom. The predicted molar refractivity (Wildman–Crippen MR) is 147 cm³/mol. The zero-order valence-corrected chi connectivity index (χ0v) is 24.8. The molecule has 0 aromatic rings. The van der Waals surface area contributed by atoms with E-state index in [4.69, 9.17) is 4.74 Å². The van der Waals surface area contributed by atoms with E-state index in [0.717, 1.165) is 42.9 Å². The minimum Gasteiger partial charge on any atom is -0.460 e. The van der Waals surface area contributed by atoms with Gasteiger partial charge in [0.25, 0.3) is 0 Å². The number of esters is 1. The van der Waals surface area contributed by atoms with Crippen molar-refractivity contribution in [1.82, 2.24) is 0 Å². The van der Waals surface area contributed by atoms with E-state index in [1.54, 1.807) is 0 Å². The first-order chi connectivity index (χ1) is 16.5. The van der Waals surface area contributed by atoms with Gasteiger partial charge in [-0.2, -0.15) is 0 Å². The van der Waals surface area contributed by atoms with Crippen LogP contribution in [0.5, 0.6) is 0 Å². The van der Waals surface area contributed by atoms with E-state index in [-0.39, 0.29) is 22.3 Å². The van der Waals surface area contributed by atoms with E-state index in [1.165, 1.54) is 50.5 Å². The van der Waals surface area contributed by atoms with Gasteiger partial charge in [0.2, 0.25) is 0 Å². The Balaban J connectivity index is 1.55. The smallest absolute Gasteiger partial charge is 0.320 e. The quantitative estimate of drug-likeness (QED) is 0.188. The van der Waals surface area contributed by atoms with Crippen LogP contribution in [0.25, 0.3) is 0 Å². The average Bonchev–Trinajstić information content (AvgIpc) is 3.16. The Labute approximate surface area is 223 Å². The van der Waals surface area contributed by atoms with E-state index < -0.39 is 6.10 Å². The molecule has 0 aliphatic heterocycles. The molecule has 4 aliphatic carbocycles. The van der Waals surface area contributed by atoms with Crippen molar-refractivity contribution in [3.05, 3.63) is 11.6 Å². The minimum atomic E-state index is -0.407. The van der Waals surface area contributed by atoms with Crippen LogP contribution in [0, 0.1) is 46.3 Å². The Bertz CT molecular complexity index is 792. The summed E-state index contributed by atoms with van der Waals surface area (Å²) in [6.07, 6.45) is 14.4. The van der Waals surface area contributed by atoms with Gasteiger partial charge in [0.05, 0.1) is 6.10 Å². The lowest BCUT2D eigenvalue weighted by Crippen LogP contribution is -2.57. The predicted octanol–water partition coefficient (Wildman–Crippen LogP) is 8.08. The van der Waals surface area contributed by atoms with Crippen LogP contribution >= 0.6 is 15.9 Å². The average molecular weight is 552 g/mol. The first kappa shape index (κ1) is 27.7. The molecule has 0 saturated heterocycles. The molecule has 0 aromatic carbocycles. The van der Waals surface area contributed by atoms with E-state index in [1.807, 2.05) is 6.92 Å². The normalized spacial score (nSPS) is 42.5. The highest BCUT2D eigenvalue weighted by Crippen LogP contribution is 2.67. The van der Waals surface area contributed by atoms with Gasteiger partial charge in [-0.1, -0.05) is 88.4 Å². The van der Waals surface area contributed by atoms with Crippen LogP contribution < -0.4 is 0 Å². The van der Waals surface area contributed by atoms with Crippen LogP contribution in [0.15, 0.2) is 11.6 Å². The number of fused-ring (bicyclic) bond motifs is 5. The third kappa shape index (κ3) is 5.06. The second-order valence-electron chi connectivity index (χ2n) is 13.5. The molecule has 35 heavy (non-hydrogen) atoms. The second kappa shape index (κ2) is 10.8. The largest absolute Gasteiger partial charge is 0.460 e. The fourth-order valence-electron chi connectivity index (χ4n) is 9.25. The Kier molecular flexibility index (Phi) is 8.54. The number of carbonyl (C=O) groups is 1.